The first kappa shape index (κ1) is 13.3. The first-order valence-corrected chi connectivity index (χ1v) is 7.15. The molecule has 0 saturated heterocycles. The van der Waals surface area contributed by atoms with Crippen LogP contribution in [0.15, 0.2) is 60.9 Å². The van der Waals surface area contributed by atoms with Gasteiger partial charge < -0.3 is 10.3 Å². The van der Waals surface area contributed by atoms with E-state index in [1.807, 2.05) is 42.5 Å². The Balaban J connectivity index is 1.63. The second kappa shape index (κ2) is 5.42. The average molecular weight is 303 g/mol. The zero-order valence-corrected chi connectivity index (χ0v) is 12.1. The Morgan fingerprint density at radius 2 is 1.96 bits per heavy atom. The van der Waals surface area contributed by atoms with Gasteiger partial charge in [0.05, 0.1) is 17.0 Å². The lowest BCUT2D eigenvalue weighted by atomic mass is 10.2. The number of para-hydroxylation sites is 1. The van der Waals surface area contributed by atoms with Crippen LogP contribution in [0.1, 0.15) is 10.4 Å². The van der Waals surface area contributed by atoms with Gasteiger partial charge in [0.1, 0.15) is 0 Å². The number of hydrogen-bond acceptors (Lipinski definition) is 3. The van der Waals surface area contributed by atoms with Crippen molar-refractivity contribution >= 4 is 22.6 Å². The molecule has 3 N–H and O–H groups in total. The first-order valence-electron chi connectivity index (χ1n) is 7.15. The lowest BCUT2D eigenvalue weighted by molar-refractivity contribution is 0.102. The van der Waals surface area contributed by atoms with E-state index in [1.54, 1.807) is 18.5 Å². The minimum absolute atomic E-state index is 0.166. The van der Waals surface area contributed by atoms with Gasteiger partial charge in [0.15, 0.2) is 5.65 Å². The molecule has 0 aliphatic carbocycles. The van der Waals surface area contributed by atoms with Crippen LogP contribution in [0, 0.1) is 0 Å². The predicted octanol–water partition coefficient (Wildman–Crippen LogP) is 3.21. The maximum Gasteiger partial charge on any atom is 0.257 e. The van der Waals surface area contributed by atoms with E-state index in [4.69, 9.17) is 0 Å². The Labute approximate surface area is 131 Å². The number of amides is 1. The number of aromatic nitrogens is 4. The van der Waals surface area contributed by atoms with Gasteiger partial charge in [-0.3, -0.25) is 9.89 Å². The fourth-order valence-corrected chi connectivity index (χ4v) is 2.45. The van der Waals surface area contributed by atoms with Crippen molar-refractivity contribution in [1.82, 2.24) is 20.2 Å². The molecule has 1 aromatic carbocycles. The van der Waals surface area contributed by atoms with Crippen LogP contribution in [0.3, 0.4) is 0 Å². The molecular weight excluding hydrogens is 290 g/mol. The van der Waals surface area contributed by atoms with Crippen LogP contribution in [0.5, 0.6) is 0 Å². The Kier molecular flexibility index (Phi) is 3.12. The normalized spacial score (nSPS) is 10.8. The second-order valence-electron chi connectivity index (χ2n) is 5.10. The van der Waals surface area contributed by atoms with Crippen LogP contribution in [0.4, 0.5) is 5.69 Å². The standard InChI is InChI=1S/C17H13N5O/c23-17(20-12-5-2-1-3-6-12)11-9-14(19-10-11)15-13-7-4-8-18-16(13)22-21-15/h1-10,19H,(H,20,23)(H,18,21,22). The van der Waals surface area contributed by atoms with E-state index in [1.165, 1.54) is 0 Å². The maximum atomic E-state index is 12.3. The highest BCUT2D eigenvalue weighted by Gasteiger charge is 2.13. The molecule has 0 atom stereocenters. The van der Waals surface area contributed by atoms with Crippen LogP contribution >= 0.6 is 0 Å². The van der Waals surface area contributed by atoms with Crippen molar-refractivity contribution in [3.8, 4) is 11.4 Å². The van der Waals surface area contributed by atoms with Gasteiger partial charge in [-0.25, -0.2) is 4.98 Å². The van der Waals surface area contributed by atoms with Crippen LogP contribution in [-0.4, -0.2) is 26.1 Å². The zero-order chi connectivity index (χ0) is 15.6. The number of fused-ring (bicyclic) bond motifs is 1. The van der Waals surface area contributed by atoms with E-state index >= 15 is 0 Å². The molecule has 3 aromatic heterocycles. The summed E-state index contributed by atoms with van der Waals surface area (Å²) in [4.78, 5) is 19.6. The van der Waals surface area contributed by atoms with Crippen molar-refractivity contribution < 1.29 is 4.79 Å². The van der Waals surface area contributed by atoms with E-state index in [-0.39, 0.29) is 5.91 Å². The monoisotopic (exact) mass is 303 g/mol. The summed E-state index contributed by atoms with van der Waals surface area (Å²) in [6, 6.07) is 14.9. The number of aromatic amines is 2. The van der Waals surface area contributed by atoms with Crippen LogP contribution in [-0.2, 0) is 0 Å². The summed E-state index contributed by atoms with van der Waals surface area (Å²) in [6.45, 7) is 0. The molecule has 0 spiro atoms. The highest BCUT2D eigenvalue weighted by Crippen LogP contribution is 2.24. The fraction of sp³-hybridized carbons (Fsp3) is 0. The number of carbonyl (C=O) groups is 1. The number of carbonyl (C=O) groups excluding carboxylic acids is 1. The van der Waals surface area contributed by atoms with Gasteiger partial charge in [-0.05, 0) is 30.3 Å². The minimum atomic E-state index is -0.166. The predicted molar refractivity (Wildman–Crippen MR) is 88.1 cm³/mol. The molecule has 0 bridgehead atoms. The second-order valence-corrected chi connectivity index (χ2v) is 5.10. The topological polar surface area (TPSA) is 86.5 Å². The minimum Gasteiger partial charge on any atom is -0.359 e. The van der Waals surface area contributed by atoms with Gasteiger partial charge in [0.2, 0.25) is 0 Å². The Morgan fingerprint density at radius 1 is 1.09 bits per heavy atom. The Bertz CT molecular complexity index is 971. The third-order valence-electron chi connectivity index (χ3n) is 3.58. The number of nitrogens with one attached hydrogen (secondary N) is 3. The van der Waals surface area contributed by atoms with Crippen molar-refractivity contribution in [1.29, 1.82) is 0 Å². The Morgan fingerprint density at radius 3 is 2.83 bits per heavy atom. The molecule has 0 saturated carbocycles. The molecule has 0 aliphatic heterocycles. The Hall–Kier alpha value is -3.41. The van der Waals surface area contributed by atoms with Crippen molar-refractivity contribution in [3.05, 3.63) is 66.5 Å². The molecule has 23 heavy (non-hydrogen) atoms. The van der Waals surface area contributed by atoms with E-state index in [0.29, 0.717) is 11.2 Å². The third kappa shape index (κ3) is 2.46. The molecule has 4 aromatic rings. The van der Waals surface area contributed by atoms with Crippen molar-refractivity contribution in [2.24, 2.45) is 0 Å². The molecule has 0 fully saturated rings. The van der Waals surface area contributed by atoms with Crippen molar-refractivity contribution in [2.75, 3.05) is 5.32 Å². The van der Waals surface area contributed by atoms with Crippen LogP contribution in [0.25, 0.3) is 22.4 Å². The molecule has 6 nitrogen and oxygen atoms in total. The molecule has 0 aliphatic rings. The molecule has 4 rings (SSSR count). The number of nitrogens with zero attached hydrogens (tertiary/aromatic N) is 2. The fourth-order valence-electron chi connectivity index (χ4n) is 2.45. The van der Waals surface area contributed by atoms with E-state index in [9.17, 15) is 4.79 Å². The van der Waals surface area contributed by atoms with E-state index < -0.39 is 0 Å². The zero-order valence-electron chi connectivity index (χ0n) is 12.1. The number of hydrogen-bond donors (Lipinski definition) is 3. The summed E-state index contributed by atoms with van der Waals surface area (Å²) in [5.41, 5.74) is 3.56. The highest BCUT2D eigenvalue weighted by molar-refractivity contribution is 6.05. The summed E-state index contributed by atoms with van der Waals surface area (Å²) >= 11 is 0. The molecule has 0 radical (unpaired) electrons. The molecule has 0 unspecified atom stereocenters. The van der Waals surface area contributed by atoms with Crippen molar-refractivity contribution in [2.45, 2.75) is 0 Å². The lowest BCUT2D eigenvalue weighted by Gasteiger charge is -2.02. The number of rotatable bonds is 3. The summed E-state index contributed by atoms with van der Waals surface area (Å²) in [7, 11) is 0. The largest absolute Gasteiger partial charge is 0.359 e. The molecule has 1 amide bonds. The molecule has 112 valence electrons. The average Bonchev–Trinajstić information content (AvgIpc) is 3.22. The maximum absolute atomic E-state index is 12.3. The lowest BCUT2D eigenvalue weighted by Crippen LogP contribution is -2.10. The first-order chi connectivity index (χ1) is 11.3. The summed E-state index contributed by atoms with van der Waals surface area (Å²) in [5.74, 6) is -0.166. The van der Waals surface area contributed by atoms with E-state index in [2.05, 4.69) is 25.5 Å². The van der Waals surface area contributed by atoms with Gasteiger partial charge in [-0.15, -0.1) is 0 Å². The number of pyridine rings is 1. The van der Waals surface area contributed by atoms with Gasteiger partial charge in [-0.2, -0.15) is 5.10 Å². The van der Waals surface area contributed by atoms with Gasteiger partial charge in [0.25, 0.3) is 5.91 Å². The molecule has 6 heteroatoms. The highest BCUT2D eigenvalue weighted by atomic mass is 16.1. The van der Waals surface area contributed by atoms with Gasteiger partial charge in [-0.1, -0.05) is 18.2 Å². The summed E-state index contributed by atoms with van der Waals surface area (Å²) in [6.07, 6.45) is 3.37. The quantitative estimate of drug-likeness (QED) is 0.543. The van der Waals surface area contributed by atoms with Crippen LogP contribution < -0.4 is 5.32 Å². The number of benzene rings is 1. The summed E-state index contributed by atoms with van der Waals surface area (Å²) in [5, 5.41) is 10.9. The molecular formula is C17H13N5O. The van der Waals surface area contributed by atoms with Crippen molar-refractivity contribution in [3.63, 3.8) is 0 Å². The van der Waals surface area contributed by atoms with Gasteiger partial charge in [0, 0.05) is 23.5 Å². The smallest absolute Gasteiger partial charge is 0.257 e. The van der Waals surface area contributed by atoms with E-state index in [0.717, 1.165) is 22.5 Å². The third-order valence-corrected chi connectivity index (χ3v) is 3.58. The summed E-state index contributed by atoms with van der Waals surface area (Å²) < 4.78 is 0. The van der Waals surface area contributed by atoms with Crippen LogP contribution in [0.2, 0.25) is 0 Å². The number of H-pyrrole nitrogens is 2. The number of anilines is 1. The molecule has 3 heterocycles. The SMILES string of the molecule is O=C(Nc1ccccc1)c1c[nH]c(-c2[nH]nc3ncccc23)c1. The van der Waals surface area contributed by atoms with Gasteiger partial charge >= 0.3 is 0 Å².